The molecule has 2 nitrogen and oxygen atoms in total. The fraction of sp³-hybridized carbons (Fsp3) is 0.462. The number of nitrogens with zero attached hydrogens (tertiary/aromatic N) is 1. The Kier molecular flexibility index (Phi) is 3.67. The highest BCUT2D eigenvalue weighted by Crippen LogP contribution is 2.17. The highest BCUT2D eigenvalue weighted by molar-refractivity contribution is 5.53. The van der Waals surface area contributed by atoms with E-state index in [1.807, 2.05) is 6.07 Å². The van der Waals surface area contributed by atoms with Gasteiger partial charge in [0.15, 0.2) is 0 Å². The van der Waals surface area contributed by atoms with E-state index in [1.54, 1.807) is 12.1 Å². The maximum absolute atomic E-state index is 13.0. The third-order valence-electron chi connectivity index (χ3n) is 3.03. The number of rotatable bonds is 3. The van der Waals surface area contributed by atoms with Gasteiger partial charge >= 0.3 is 0 Å². The van der Waals surface area contributed by atoms with Gasteiger partial charge in [-0.3, -0.25) is 4.90 Å². The summed E-state index contributed by atoms with van der Waals surface area (Å²) in [5.41, 5.74) is 0.978. The van der Waals surface area contributed by atoms with Gasteiger partial charge in [-0.05, 0) is 37.1 Å². The minimum atomic E-state index is -0.193. The lowest BCUT2D eigenvalue weighted by atomic mass is 9.99. The van der Waals surface area contributed by atoms with Crippen molar-refractivity contribution in [2.45, 2.75) is 19.4 Å². The molecule has 0 radical (unpaired) electrons. The van der Waals surface area contributed by atoms with Crippen molar-refractivity contribution in [1.82, 2.24) is 4.90 Å². The zero-order valence-electron chi connectivity index (χ0n) is 9.23. The molecule has 0 saturated carbocycles. The van der Waals surface area contributed by atoms with Crippen LogP contribution in [-0.4, -0.2) is 24.3 Å². The van der Waals surface area contributed by atoms with Crippen LogP contribution in [0, 0.1) is 11.7 Å². The molecule has 2 rings (SSSR count). The summed E-state index contributed by atoms with van der Waals surface area (Å²) in [6.07, 6.45) is 3.08. The van der Waals surface area contributed by atoms with Gasteiger partial charge < -0.3 is 4.79 Å². The molecule has 0 N–H and O–H groups in total. The van der Waals surface area contributed by atoms with Gasteiger partial charge in [-0.15, -0.1) is 0 Å². The molecule has 0 spiro atoms. The van der Waals surface area contributed by atoms with Crippen LogP contribution in [0.4, 0.5) is 4.39 Å². The predicted molar refractivity (Wildman–Crippen MR) is 60.5 cm³/mol. The first-order valence-electron chi connectivity index (χ1n) is 5.70. The Bertz CT molecular complexity index is 367. The largest absolute Gasteiger partial charge is 0.303 e. The number of carbonyl (C=O) groups excluding carboxylic acids is 1. The van der Waals surface area contributed by atoms with Gasteiger partial charge in [0.1, 0.15) is 12.1 Å². The Morgan fingerprint density at radius 1 is 1.50 bits per heavy atom. The van der Waals surface area contributed by atoms with Gasteiger partial charge in [-0.25, -0.2) is 4.39 Å². The summed E-state index contributed by atoms with van der Waals surface area (Å²) in [5, 5.41) is 0. The van der Waals surface area contributed by atoms with E-state index in [0.717, 1.165) is 44.3 Å². The Hall–Kier alpha value is -1.22. The van der Waals surface area contributed by atoms with Crippen molar-refractivity contribution in [2.75, 3.05) is 13.1 Å². The van der Waals surface area contributed by atoms with E-state index in [4.69, 9.17) is 0 Å². The van der Waals surface area contributed by atoms with Gasteiger partial charge in [0.25, 0.3) is 0 Å². The van der Waals surface area contributed by atoms with Crippen molar-refractivity contribution < 1.29 is 9.18 Å². The molecule has 1 atom stereocenters. The lowest BCUT2D eigenvalue weighted by Crippen LogP contribution is -2.35. The fourth-order valence-electron chi connectivity index (χ4n) is 2.24. The van der Waals surface area contributed by atoms with Crippen molar-refractivity contribution in [1.29, 1.82) is 0 Å². The van der Waals surface area contributed by atoms with Crippen LogP contribution < -0.4 is 0 Å². The van der Waals surface area contributed by atoms with Crippen LogP contribution in [0.3, 0.4) is 0 Å². The topological polar surface area (TPSA) is 20.3 Å². The monoisotopic (exact) mass is 221 g/mol. The predicted octanol–water partition coefficient (Wildman–Crippen LogP) is 2.24. The average molecular weight is 221 g/mol. The number of aldehydes is 1. The molecule has 1 aromatic carbocycles. The van der Waals surface area contributed by atoms with Crippen molar-refractivity contribution in [3.8, 4) is 0 Å². The highest BCUT2D eigenvalue weighted by atomic mass is 19.1. The average Bonchev–Trinajstić information content (AvgIpc) is 2.29. The summed E-state index contributed by atoms with van der Waals surface area (Å²) in [4.78, 5) is 12.9. The van der Waals surface area contributed by atoms with E-state index in [-0.39, 0.29) is 11.7 Å². The highest BCUT2D eigenvalue weighted by Gasteiger charge is 2.19. The number of hydrogen-bond donors (Lipinski definition) is 0. The second-order valence-corrected chi connectivity index (χ2v) is 4.40. The molecule has 0 bridgehead atoms. The molecule has 3 heteroatoms. The van der Waals surface area contributed by atoms with E-state index < -0.39 is 0 Å². The molecule has 1 aliphatic rings. The molecule has 16 heavy (non-hydrogen) atoms. The van der Waals surface area contributed by atoms with Crippen LogP contribution in [0.15, 0.2) is 24.3 Å². The van der Waals surface area contributed by atoms with Crippen LogP contribution in [0.1, 0.15) is 18.4 Å². The quantitative estimate of drug-likeness (QED) is 0.729. The standard InChI is InChI=1S/C13H16FNO/c14-13-5-1-3-11(7-13)8-15-6-2-4-12(9-15)10-16/h1,3,5,7,10,12H,2,4,6,8-9H2. The number of hydrogen-bond acceptors (Lipinski definition) is 2. The van der Waals surface area contributed by atoms with E-state index >= 15 is 0 Å². The first-order valence-corrected chi connectivity index (χ1v) is 5.70. The van der Waals surface area contributed by atoms with Gasteiger partial charge in [0.2, 0.25) is 0 Å². The summed E-state index contributed by atoms with van der Waals surface area (Å²) in [7, 11) is 0. The van der Waals surface area contributed by atoms with Gasteiger partial charge in [-0.1, -0.05) is 12.1 Å². The molecule has 1 aromatic rings. The molecule has 1 aliphatic heterocycles. The Morgan fingerprint density at radius 3 is 3.12 bits per heavy atom. The first kappa shape index (κ1) is 11.3. The summed E-state index contributed by atoms with van der Waals surface area (Å²) in [6.45, 7) is 2.54. The van der Waals surface area contributed by atoms with Crippen LogP contribution in [0.25, 0.3) is 0 Å². The lowest BCUT2D eigenvalue weighted by Gasteiger charge is -2.30. The molecule has 1 saturated heterocycles. The van der Waals surface area contributed by atoms with Crippen molar-refractivity contribution in [3.05, 3.63) is 35.6 Å². The van der Waals surface area contributed by atoms with Crippen LogP contribution in [0.5, 0.6) is 0 Å². The van der Waals surface area contributed by atoms with E-state index in [0.29, 0.717) is 0 Å². The molecule has 1 heterocycles. The number of halogens is 1. The normalized spacial score (nSPS) is 21.9. The lowest BCUT2D eigenvalue weighted by molar-refractivity contribution is -0.112. The summed E-state index contributed by atoms with van der Waals surface area (Å²) >= 11 is 0. The third kappa shape index (κ3) is 2.89. The Labute approximate surface area is 95.1 Å². The van der Waals surface area contributed by atoms with E-state index in [1.165, 1.54) is 6.07 Å². The summed E-state index contributed by atoms with van der Waals surface area (Å²) < 4.78 is 13.0. The molecular formula is C13H16FNO. The van der Waals surface area contributed by atoms with E-state index in [2.05, 4.69) is 4.90 Å². The minimum Gasteiger partial charge on any atom is -0.303 e. The zero-order valence-corrected chi connectivity index (χ0v) is 9.23. The first-order chi connectivity index (χ1) is 7.78. The Balaban J connectivity index is 1.96. The Morgan fingerprint density at radius 2 is 2.38 bits per heavy atom. The van der Waals surface area contributed by atoms with E-state index in [9.17, 15) is 9.18 Å². The van der Waals surface area contributed by atoms with Gasteiger partial charge in [0.05, 0.1) is 0 Å². The number of carbonyl (C=O) groups is 1. The minimum absolute atomic E-state index is 0.155. The fourth-order valence-corrected chi connectivity index (χ4v) is 2.24. The number of piperidine rings is 1. The molecule has 0 aliphatic carbocycles. The van der Waals surface area contributed by atoms with Crippen LogP contribution in [-0.2, 0) is 11.3 Å². The summed E-state index contributed by atoms with van der Waals surface area (Å²) in [5.74, 6) is -0.0382. The smallest absolute Gasteiger partial charge is 0.124 e. The second kappa shape index (κ2) is 5.21. The molecule has 86 valence electrons. The van der Waals surface area contributed by atoms with Crippen LogP contribution >= 0.6 is 0 Å². The SMILES string of the molecule is O=CC1CCCN(Cc2cccc(F)c2)C1. The number of benzene rings is 1. The maximum Gasteiger partial charge on any atom is 0.124 e. The molecule has 1 fully saturated rings. The molecule has 0 amide bonds. The maximum atomic E-state index is 13.0. The number of likely N-dealkylation sites (tertiary alicyclic amines) is 1. The van der Waals surface area contributed by atoms with Crippen LogP contribution in [0.2, 0.25) is 0 Å². The third-order valence-corrected chi connectivity index (χ3v) is 3.03. The molecule has 1 unspecified atom stereocenters. The summed E-state index contributed by atoms with van der Waals surface area (Å²) in [6, 6.07) is 6.66. The zero-order chi connectivity index (χ0) is 11.4. The van der Waals surface area contributed by atoms with Crippen molar-refractivity contribution in [3.63, 3.8) is 0 Å². The van der Waals surface area contributed by atoms with Gasteiger partial charge in [-0.2, -0.15) is 0 Å². The molecule has 0 aromatic heterocycles. The second-order valence-electron chi connectivity index (χ2n) is 4.40. The molecular weight excluding hydrogens is 205 g/mol. The van der Waals surface area contributed by atoms with Crippen molar-refractivity contribution in [2.24, 2.45) is 5.92 Å². The van der Waals surface area contributed by atoms with Gasteiger partial charge in [0, 0.05) is 19.0 Å². The van der Waals surface area contributed by atoms with Crippen molar-refractivity contribution >= 4 is 6.29 Å².